The molecule has 0 spiro atoms. The third kappa shape index (κ3) is 5.52. The molecule has 36 heavy (non-hydrogen) atoms. The van der Waals surface area contributed by atoms with Crippen LogP contribution in [0, 0.1) is 5.82 Å². The fourth-order valence-corrected chi connectivity index (χ4v) is 3.39. The Morgan fingerprint density at radius 1 is 1.42 bits per heavy atom. The highest BCUT2D eigenvalue weighted by Gasteiger charge is 2.42. The number of guanidine groups is 1. The van der Waals surface area contributed by atoms with E-state index >= 15 is 4.39 Å². The first-order valence-corrected chi connectivity index (χ1v) is 10.0. The zero-order valence-electron chi connectivity index (χ0n) is 18.5. The minimum Gasteiger partial charge on any atom is -0.449 e. The lowest BCUT2D eigenvalue weighted by Crippen LogP contribution is -2.56. The lowest BCUT2D eigenvalue weighted by molar-refractivity contribution is -0.137. The molecule has 0 radical (unpaired) electrons. The number of ether oxygens (including phenoxy) is 1. The Hall–Kier alpha value is -3.85. The molecule has 0 saturated carbocycles. The van der Waals surface area contributed by atoms with Gasteiger partial charge in [0.2, 0.25) is 5.96 Å². The molecule has 0 bridgehead atoms. The van der Waals surface area contributed by atoms with E-state index in [2.05, 4.69) is 26.9 Å². The zero-order valence-corrected chi connectivity index (χ0v) is 19.3. The smallest absolute Gasteiger partial charge is 0.449 e. The molecule has 0 aromatic heterocycles. The summed E-state index contributed by atoms with van der Waals surface area (Å²) in [5.74, 6) is -3.55. The molecular weight excluding hydrogens is 516 g/mol. The van der Waals surface area contributed by atoms with Gasteiger partial charge in [-0.15, -0.1) is 19.0 Å². The number of amides is 3. The summed E-state index contributed by atoms with van der Waals surface area (Å²) >= 11 is 0. The van der Waals surface area contributed by atoms with Crippen LogP contribution in [-0.2, 0) is 10.9 Å². The molecule has 11 nitrogen and oxygen atoms in total. The third-order valence-electron chi connectivity index (χ3n) is 4.98. The molecule has 2 aliphatic rings. The number of nitrogens with two attached hydrogens (primary N) is 1. The molecule has 2 atom stereocenters. The number of aliphatic imine (C=N–C) groups is 1. The maximum atomic E-state index is 15.6. The van der Waals surface area contributed by atoms with Crippen molar-refractivity contribution < 1.29 is 41.8 Å². The van der Waals surface area contributed by atoms with E-state index in [0.29, 0.717) is 17.0 Å². The average Bonchev–Trinajstić information content (AvgIpc) is 3.15. The number of halogens is 5. The van der Waals surface area contributed by atoms with Crippen LogP contribution in [0.25, 0.3) is 0 Å². The van der Waals surface area contributed by atoms with E-state index < -0.39 is 70.8 Å². The molecule has 2 unspecified atom stereocenters. The molecule has 16 heteroatoms. The van der Waals surface area contributed by atoms with Gasteiger partial charge in [-0.3, -0.25) is 14.6 Å². The minimum atomic E-state index is -5.00. The van der Waals surface area contributed by atoms with Gasteiger partial charge in [-0.2, -0.15) is 13.2 Å². The van der Waals surface area contributed by atoms with E-state index in [4.69, 9.17) is 10.8 Å². The first-order valence-electron chi connectivity index (χ1n) is 10.0. The highest BCUT2D eigenvalue weighted by atomic mass is 35.5. The van der Waals surface area contributed by atoms with Crippen molar-refractivity contribution in [2.75, 3.05) is 18.0 Å². The molecule has 1 aromatic rings. The molecule has 2 heterocycles. The second-order valence-corrected chi connectivity index (χ2v) is 7.26. The number of hydrogen-bond acceptors (Lipinski definition) is 7. The van der Waals surface area contributed by atoms with E-state index in [1.54, 1.807) is 0 Å². The number of carbonyl (C=O) groups is 3. The molecule has 1 aromatic carbocycles. The quantitative estimate of drug-likeness (QED) is 0.257. The van der Waals surface area contributed by atoms with Crippen molar-refractivity contribution in [3.05, 3.63) is 53.7 Å². The van der Waals surface area contributed by atoms with Crippen LogP contribution in [-0.4, -0.2) is 59.4 Å². The molecule has 3 rings (SSSR count). The SMILES string of the molecule is C=CC1CN(C2=NC=C(OC(=O)O)C(N)N2c2cc(C(F)(F)F)cc(C(=O)NCC)c2F)C(=O)N1.Cl. The van der Waals surface area contributed by atoms with Crippen molar-refractivity contribution in [2.24, 2.45) is 10.7 Å². The molecule has 0 aliphatic carbocycles. The lowest BCUT2D eigenvalue weighted by atomic mass is 10.1. The topological polar surface area (TPSA) is 150 Å². The van der Waals surface area contributed by atoms with Gasteiger partial charge in [0.15, 0.2) is 11.6 Å². The van der Waals surface area contributed by atoms with Crippen LogP contribution >= 0.6 is 12.4 Å². The predicted molar refractivity (Wildman–Crippen MR) is 121 cm³/mol. The number of anilines is 1. The highest BCUT2D eigenvalue weighted by molar-refractivity contribution is 6.08. The standard InChI is InChI=1S/C20H20F4N6O5.ClH/c1-3-10-8-29(18(32)28-10)17-27-7-13(35-19(33)34)15(25)30(17)12-6-9(20(22,23)24)5-11(14(12)21)16(31)26-4-2;/h3,5-7,10,15H,1,4,8,25H2,2H3,(H,26,31)(H,28,32)(H,33,34);1H. The number of urea groups is 1. The number of rotatable bonds is 5. The van der Waals surface area contributed by atoms with Gasteiger partial charge in [-0.05, 0) is 19.1 Å². The van der Waals surface area contributed by atoms with Crippen LogP contribution < -0.4 is 21.3 Å². The van der Waals surface area contributed by atoms with E-state index in [1.165, 1.54) is 13.0 Å². The summed E-state index contributed by atoms with van der Waals surface area (Å²) in [5.41, 5.74) is 2.81. The van der Waals surface area contributed by atoms with Crippen molar-refractivity contribution in [1.82, 2.24) is 15.5 Å². The number of nitrogens with one attached hydrogen (secondary N) is 2. The van der Waals surface area contributed by atoms with Crippen molar-refractivity contribution in [1.29, 1.82) is 0 Å². The summed E-state index contributed by atoms with van der Waals surface area (Å²) in [6.45, 7) is 4.93. The van der Waals surface area contributed by atoms with Crippen LogP contribution in [0.1, 0.15) is 22.8 Å². The van der Waals surface area contributed by atoms with Crippen molar-refractivity contribution in [3.8, 4) is 0 Å². The first kappa shape index (κ1) is 28.4. The molecular formula is C20H21ClF4N6O5. The first-order chi connectivity index (χ1) is 16.4. The van der Waals surface area contributed by atoms with Crippen molar-refractivity contribution in [3.63, 3.8) is 0 Å². The maximum absolute atomic E-state index is 15.6. The molecule has 196 valence electrons. The van der Waals surface area contributed by atoms with Crippen LogP contribution in [0.15, 0.2) is 41.7 Å². The number of hydrogen-bond donors (Lipinski definition) is 4. The monoisotopic (exact) mass is 536 g/mol. The van der Waals surface area contributed by atoms with E-state index in [0.717, 1.165) is 11.1 Å². The maximum Gasteiger partial charge on any atom is 0.511 e. The van der Waals surface area contributed by atoms with Gasteiger partial charge >= 0.3 is 18.4 Å². The highest BCUT2D eigenvalue weighted by Crippen LogP contribution is 2.37. The summed E-state index contributed by atoms with van der Waals surface area (Å²) in [7, 11) is 0. The molecule has 1 fully saturated rings. The Balaban J connectivity index is 0.00000456. The Kier molecular flexibility index (Phi) is 8.53. The number of carboxylic acid groups (broad SMARTS) is 1. The Labute approximate surface area is 207 Å². The summed E-state index contributed by atoms with van der Waals surface area (Å²) in [6.07, 6.45) is -6.33. The Bertz CT molecular complexity index is 1140. The van der Waals surface area contributed by atoms with Gasteiger partial charge in [0.1, 0.15) is 6.17 Å². The Morgan fingerprint density at radius 3 is 2.61 bits per heavy atom. The van der Waals surface area contributed by atoms with Gasteiger partial charge in [0, 0.05) is 6.54 Å². The fourth-order valence-electron chi connectivity index (χ4n) is 3.39. The average molecular weight is 537 g/mol. The molecule has 2 aliphatic heterocycles. The minimum absolute atomic E-state index is 0. The summed E-state index contributed by atoms with van der Waals surface area (Å²) in [4.78, 5) is 41.4. The van der Waals surface area contributed by atoms with Crippen molar-refractivity contribution in [2.45, 2.75) is 25.3 Å². The summed E-state index contributed by atoms with van der Waals surface area (Å²) < 4.78 is 61.1. The van der Waals surface area contributed by atoms with Crippen LogP contribution in [0.4, 0.5) is 32.8 Å². The predicted octanol–water partition coefficient (Wildman–Crippen LogP) is 2.59. The summed E-state index contributed by atoms with van der Waals surface area (Å²) in [6, 6.07) is -0.633. The largest absolute Gasteiger partial charge is 0.511 e. The van der Waals surface area contributed by atoms with Gasteiger partial charge in [0.05, 0.1) is 35.6 Å². The van der Waals surface area contributed by atoms with Gasteiger partial charge < -0.3 is 26.2 Å². The lowest BCUT2D eigenvalue weighted by Gasteiger charge is -2.37. The van der Waals surface area contributed by atoms with E-state index in [-0.39, 0.29) is 25.5 Å². The zero-order chi connectivity index (χ0) is 26.1. The summed E-state index contributed by atoms with van der Waals surface area (Å²) in [5, 5.41) is 13.7. The second-order valence-electron chi connectivity index (χ2n) is 7.26. The number of benzene rings is 1. The van der Waals surface area contributed by atoms with Crippen LogP contribution in [0.2, 0.25) is 0 Å². The molecule has 1 saturated heterocycles. The number of carbonyl (C=O) groups excluding carboxylic acids is 2. The van der Waals surface area contributed by atoms with E-state index in [1.807, 2.05) is 0 Å². The number of alkyl halides is 3. The number of nitrogens with zero attached hydrogens (tertiary/aromatic N) is 3. The fraction of sp³-hybridized carbons (Fsp3) is 0.300. The molecule has 5 N–H and O–H groups in total. The van der Waals surface area contributed by atoms with Crippen LogP contribution in [0.5, 0.6) is 0 Å². The third-order valence-corrected chi connectivity index (χ3v) is 4.98. The second kappa shape index (κ2) is 10.8. The Morgan fingerprint density at radius 2 is 2.08 bits per heavy atom. The normalized spacial score (nSPS) is 19.6. The van der Waals surface area contributed by atoms with E-state index in [9.17, 15) is 27.6 Å². The van der Waals surface area contributed by atoms with Crippen LogP contribution in [0.3, 0.4) is 0 Å². The van der Waals surface area contributed by atoms with Gasteiger partial charge in [-0.25, -0.2) is 19.0 Å². The van der Waals surface area contributed by atoms with Gasteiger partial charge in [-0.1, -0.05) is 6.08 Å². The molecule has 3 amide bonds. The van der Waals surface area contributed by atoms with Crippen molar-refractivity contribution >= 4 is 42.1 Å². The van der Waals surface area contributed by atoms with Gasteiger partial charge in [0.25, 0.3) is 5.91 Å².